The first-order valence-electron chi connectivity index (χ1n) is 7.54. The average Bonchev–Trinajstić information content (AvgIpc) is 2.48. The molecule has 116 valence electrons. The Balaban J connectivity index is 1.83. The first kappa shape index (κ1) is 15.0. The Morgan fingerprint density at radius 3 is 2.27 bits per heavy atom. The molecule has 2 aromatic rings. The van der Waals surface area contributed by atoms with Gasteiger partial charge in [-0.15, -0.1) is 0 Å². The molecule has 0 amide bonds. The second-order valence-corrected chi connectivity index (χ2v) is 5.96. The van der Waals surface area contributed by atoms with Crippen molar-refractivity contribution in [3.05, 3.63) is 65.7 Å². The lowest BCUT2D eigenvalue weighted by Gasteiger charge is -2.48. The average molecular weight is 298 g/mol. The molecule has 3 rings (SSSR count). The highest BCUT2D eigenvalue weighted by Gasteiger charge is 2.43. The van der Waals surface area contributed by atoms with Crippen LogP contribution in [-0.2, 0) is 17.8 Å². The van der Waals surface area contributed by atoms with Crippen LogP contribution in [0.25, 0.3) is 0 Å². The predicted octanol–water partition coefficient (Wildman–Crippen LogP) is 2.03. The number of hydrogen-bond donors (Lipinski definition) is 2. The van der Waals surface area contributed by atoms with Crippen LogP contribution < -0.4 is 5.73 Å². The van der Waals surface area contributed by atoms with Crippen molar-refractivity contribution in [1.82, 2.24) is 4.90 Å². The summed E-state index contributed by atoms with van der Waals surface area (Å²) >= 11 is 0. The summed E-state index contributed by atoms with van der Waals surface area (Å²) in [6.07, 6.45) is 0. The highest BCUT2D eigenvalue weighted by atomic mass is 16.5. The van der Waals surface area contributed by atoms with Gasteiger partial charge >= 0.3 is 0 Å². The zero-order valence-electron chi connectivity index (χ0n) is 12.6. The van der Waals surface area contributed by atoms with Crippen molar-refractivity contribution in [2.24, 2.45) is 0 Å². The van der Waals surface area contributed by atoms with Gasteiger partial charge in [0.05, 0.1) is 25.4 Å². The molecule has 4 nitrogen and oxygen atoms in total. The molecule has 0 spiro atoms. The molecule has 0 radical (unpaired) electrons. The summed E-state index contributed by atoms with van der Waals surface area (Å²) in [5, 5.41) is 9.87. The molecule has 0 bridgehead atoms. The second-order valence-electron chi connectivity index (χ2n) is 5.96. The van der Waals surface area contributed by atoms with E-state index in [1.54, 1.807) is 0 Å². The first-order valence-corrected chi connectivity index (χ1v) is 7.54. The fraction of sp³-hybridized carbons (Fsp3) is 0.333. The van der Waals surface area contributed by atoms with E-state index in [1.807, 2.05) is 36.4 Å². The molecule has 0 atom stereocenters. The largest absolute Gasteiger partial charge is 0.399 e. The molecule has 0 unspecified atom stereocenters. The minimum absolute atomic E-state index is 0.0994. The molecule has 22 heavy (non-hydrogen) atoms. The molecule has 0 aromatic heterocycles. The minimum Gasteiger partial charge on any atom is -0.399 e. The van der Waals surface area contributed by atoms with Crippen LogP contribution in [0, 0.1) is 0 Å². The van der Waals surface area contributed by atoms with Gasteiger partial charge in [0.2, 0.25) is 0 Å². The Bertz CT molecular complexity index is 606. The number of ether oxygens (including phenoxy) is 1. The Morgan fingerprint density at radius 2 is 1.68 bits per heavy atom. The Labute approximate surface area is 131 Å². The zero-order valence-corrected chi connectivity index (χ0v) is 12.6. The SMILES string of the molecule is Nc1cccc(CN(Cc2ccccc2)C2(CO)COC2)c1. The third-order valence-electron chi connectivity index (χ3n) is 4.25. The smallest absolute Gasteiger partial charge is 0.0917 e. The van der Waals surface area contributed by atoms with E-state index in [2.05, 4.69) is 23.1 Å². The highest BCUT2D eigenvalue weighted by Crippen LogP contribution is 2.28. The van der Waals surface area contributed by atoms with Crippen LogP contribution in [0.4, 0.5) is 5.69 Å². The van der Waals surface area contributed by atoms with E-state index < -0.39 is 0 Å². The van der Waals surface area contributed by atoms with Gasteiger partial charge in [-0.2, -0.15) is 0 Å². The number of aliphatic hydroxyl groups excluding tert-OH is 1. The van der Waals surface area contributed by atoms with Crippen LogP contribution in [0.3, 0.4) is 0 Å². The lowest BCUT2D eigenvalue weighted by atomic mass is 9.94. The minimum atomic E-state index is -0.291. The number of anilines is 1. The maximum absolute atomic E-state index is 9.87. The molecule has 2 aromatic carbocycles. The van der Waals surface area contributed by atoms with E-state index in [0.717, 1.165) is 24.3 Å². The van der Waals surface area contributed by atoms with E-state index in [1.165, 1.54) is 5.56 Å². The number of nitrogens with two attached hydrogens (primary N) is 1. The summed E-state index contributed by atoms with van der Waals surface area (Å²) in [7, 11) is 0. The highest BCUT2D eigenvalue weighted by molar-refractivity contribution is 5.40. The molecule has 1 heterocycles. The van der Waals surface area contributed by atoms with Crippen LogP contribution in [0.1, 0.15) is 11.1 Å². The number of hydrogen-bond acceptors (Lipinski definition) is 4. The van der Waals surface area contributed by atoms with Crippen molar-refractivity contribution < 1.29 is 9.84 Å². The lowest BCUT2D eigenvalue weighted by Crippen LogP contribution is -2.63. The van der Waals surface area contributed by atoms with Gasteiger partial charge in [-0.25, -0.2) is 0 Å². The summed E-state index contributed by atoms with van der Waals surface area (Å²) in [6.45, 7) is 2.75. The van der Waals surface area contributed by atoms with Crippen LogP contribution in [0.15, 0.2) is 54.6 Å². The summed E-state index contributed by atoms with van der Waals surface area (Å²) in [5.74, 6) is 0. The van der Waals surface area contributed by atoms with Crippen LogP contribution in [-0.4, -0.2) is 35.4 Å². The van der Waals surface area contributed by atoms with Crippen molar-refractivity contribution in [1.29, 1.82) is 0 Å². The molecular formula is C18H22N2O2. The van der Waals surface area contributed by atoms with E-state index in [9.17, 15) is 5.11 Å². The predicted molar refractivity (Wildman–Crippen MR) is 87.2 cm³/mol. The van der Waals surface area contributed by atoms with Crippen LogP contribution in [0.2, 0.25) is 0 Å². The third kappa shape index (κ3) is 3.14. The topological polar surface area (TPSA) is 58.7 Å². The van der Waals surface area contributed by atoms with Crippen LogP contribution in [0.5, 0.6) is 0 Å². The molecule has 0 aliphatic carbocycles. The maximum Gasteiger partial charge on any atom is 0.0917 e. The number of nitrogens with zero attached hydrogens (tertiary/aromatic N) is 1. The van der Waals surface area contributed by atoms with Gasteiger partial charge in [-0.05, 0) is 23.3 Å². The number of aliphatic hydroxyl groups is 1. The lowest BCUT2D eigenvalue weighted by molar-refractivity contribution is -0.166. The van der Waals surface area contributed by atoms with Gasteiger partial charge in [-0.3, -0.25) is 4.90 Å². The third-order valence-corrected chi connectivity index (χ3v) is 4.25. The molecule has 0 saturated carbocycles. The molecule has 1 aliphatic rings. The van der Waals surface area contributed by atoms with Crippen molar-refractivity contribution in [2.45, 2.75) is 18.6 Å². The molecule has 1 aliphatic heterocycles. The van der Waals surface area contributed by atoms with Gasteiger partial charge in [0.1, 0.15) is 0 Å². The standard InChI is InChI=1S/C18H22N2O2/c19-17-8-4-7-16(9-17)11-20(18(12-21)13-22-14-18)10-15-5-2-1-3-6-15/h1-9,21H,10-14,19H2. The second kappa shape index (κ2) is 6.48. The fourth-order valence-corrected chi connectivity index (χ4v) is 2.82. The summed E-state index contributed by atoms with van der Waals surface area (Å²) in [5.41, 5.74) is 8.73. The molecule has 1 fully saturated rings. The van der Waals surface area contributed by atoms with Crippen molar-refractivity contribution >= 4 is 5.69 Å². The molecule has 3 N–H and O–H groups in total. The number of rotatable bonds is 6. The normalized spacial score (nSPS) is 16.5. The quantitative estimate of drug-likeness (QED) is 0.801. The van der Waals surface area contributed by atoms with Gasteiger partial charge in [0.15, 0.2) is 0 Å². The van der Waals surface area contributed by atoms with E-state index in [4.69, 9.17) is 10.5 Å². The van der Waals surface area contributed by atoms with Crippen LogP contribution >= 0.6 is 0 Å². The Kier molecular flexibility index (Phi) is 4.43. The number of benzene rings is 2. The summed E-state index contributed by atoms with van der Waals surface area (Å²) in [6, 6.07) is 18.2. The van der Waals surface area contributed by atoms with Gasteiger partial charge in [0, 0.05) is 18.8 Å². The van der Waals surface area contributed by atoms with Gasteiger partial charge < -0.3 is 15.6 Å². The van der Waals surface area contributed by atoms with Crippen molar-refractivity contribution in [3.8, 4) is 0 Å². The Morgan fingerprint density at radius 1 is 1.00 bits per heavy atom. The zero-order chi connectivity index (χ0) is 15.4. The first-order chi connectivity index (χ1) is 10.7. The monoisotopic (exact) mass is 298 g/mol. The van der Waals surface area contributed by atoms with E-state index in [0.29, 0.717) is 13.2 Å². The molecule has 1 saturated heterocycles. The number of nitrogen functional groups attached to an aromatic ring is 1. The summed E-state index contributed by atoms with van der Waals surface area (Å²) in [4.78, 5) is 2.29. The molecule has 4 heteroatoms. The Hall–Kier alpha value is -1.88. The molecular weight excluding hydrogens is 276 g/mol. The maximum atomic E-state index is 9.87. The fourth-order valence-electron chi connectivity index (χ4n) is 2.82. The van der Waals surface area contributed by atoms with Gasteiger partial charge in [-0.1, -0.05) is 42.5 Å². The van der Waals surface area contributed by atoms with E-state index >= 15 is 0 Å². The van der Waals surface area contributed by atoms with Crippen molar-refractivity contribution in [3.63, 3.8) is 0 Å². The van der Waals surface area contributed by atoms with E-state index in [-0.39, 0.29) is 12.1 Å². The van der Waals surface area contributed by atoms with Gasteiger partial charge in [0.25, 0.3) is 0 Å². The van der Waals surface area contributed by atoms with Crippen molar-refractivity contribution in [2.75, 3.05) is 25.6 Å². The summed E-state index contributed by atoms with van der Waals surface area (Å²) < 4.78 is 5.38.